The third-order valence-corrected chi connectivity index (χ3v) is 6.11. The van der Waals surface area contributed by atoms with Gasteiger partial charge in [0.2, 0.25) is 11.9 Å². The molecule has 3 N–H and O–H groups in total. The Morgan fingerprint density at radius 1 is 1.27 bits per heavy atom. The molecule has 0 unspecified atom stereocenters. The number of thioether (sulfide) groups is 1. The summed E-state index contributed by atoms with van der Waals surface area (Å²) in [5, 5.41) is 0.645. The normalized spacial score (nSPS) is 15.0. The van der Waals surface area contributed by atoms with E-state index in [-0.39, 0.29) is 11.8 Å². The molecule has 4 rings (SSSR count). The number of carbonyl (C=O) groups excluding carboxylic acids is 1. The zero-order valence-corrected chi connectivity index (χ0v) is 17.3. The van der Waals surface area contributed by atoms with Crippen molar-refractivity contribution < 1.29 is 4.79 Å². The molecule has 0 aromatic carbocycles. The number of imidazole rings is 1. The molecule has 1 amide bonds. The summed E-state index contributed by atoms with van der Waals surface area (Å²) in [7, 11) is 1.58. The van der Waals surface area contributed by atoms with Gasteiger partial charge in [0.15, 0.2) is 16.3 Å². The van der Waals surface area contributed by atoms with Crippen molar-refractivity contribution in [3.05, 3.63) is 39.3 Å². The van der Waals surface area contributed by atoms with Gasteiger partial charge in [-0.15, -0.1) is 0 Å². The molecule has 0 spiro atoms. The average molecular weight is 430 g/mol. The molecule has 1 fully saturated rings. The van der Waals surface area contributed by atoms with E-state index in [9.17, 15) is 14.4 Å². The SMILES string of the molecule is Cn1c(=O)[nH]c(=O)c2c1nc(N1CCC(C(N)=O)CC1)n2CCSc1ncccn1. The van der Waals surface area contributed by atoms with Crippen LogP contribution in [0, 0.1) is 5.92 Å². The topological polar surface area (TPSA) is 145 Å². The molecule has 30 heavy (non-hydrogen) atoms. The molecule has 11 nitrogen and oxygen atoms in total. The number of hydrogen-bond acceptors (Lipinski definition) is 8. The van der Waals surface area contributed by atoms with Crippen LogP contribution >= 0.6 is 11.8 Å². The summed E-state index contributed by atoms with van der Waals surface area (Å²) >= 11 is 1.47. The predicted molar refractivity (Wildman–Crippen MR) is 112 cm³/mol. The summed E-state index contributed by atoms with van der Waals surface area (Å²) in [5.41, 5.74) is 5.14. The van der Waals surface area contributed by atoms with Crippen molar-refractivity contribution >= 4 is 34.8 Å². The molecule has 0 radical (unpaired) electrons. The molecule has 158 valence electrons. The minimum absolute atomic E-state index is 0.155. The number of rotatable bonds is 6. The molecule has 0 atom stereocenters. The van der Waals surface area contributed by atoms with Gasteiger partial charge in [-0.2, -0.15) is 4.98 Å². The molecule has 3 aromatic heterocycles. The minimum Gasteiger partial charge on any atom is -0.369 e. The van der Waals surface area contributed by atoms with Gasteiger partial charge in [0, 0.05) is 50.7 Å². The Bertz CT molecular complexity index is 1180. The second kappa shape index (κ2) is 8.30. The lowest BCUT2D eigenvalue weighted by Gasteiger charge is -2.31. The Kier molecular flexibility index (Phi) is 5.57. The second-order valence-electron chi connectivity index (χ2n) is 7.10. The van der Waals surface area contributed by atoms with Crippen LogP contribution in [0.3, 0.4) is 0 Å². The van der Waals surface area contributed by atoms with Crippen molar-refractivity contribution in [3.8, 4) is 0 Å². The molecule has 1 aliphatic rings. The molecule has 0 bridgehead atoms. The van der Waals surface area contributed by atoms with E-state index in [0.717, 1.165) is 0 Å². The maximum atomic E-state index is 12.6. The second-order valence-corrected chi connectivity index (χ2v) is 8.16. The van der Waals surface area contributed by atoms with E-state index in [1.54, 1.807) is 25.5 Å². The lowest BCUT2D eigenvalue weighted by atomic mass is 9.96. The van der Waals surface area contributed by atoms with Gasteiger partial charge >= 0.3 is 5.69 Å². The standard InChI is InChI=1S/C18H22N8O3S/c1-24-14-12(15(28)23-18(24)29)26(9-10-30-16-20-5-2-6-21-16)17(22-14)25-7-3-11(4-8-25)13(19)27/h2,5-6,11H,3-4,7-10H2,1H3,(H2,19,27)(H,23,28,29). The highest BCUT2D eigenvalue weighted by Gasteiger charge is 2.27. The van der Waals surface area contributed by atoms with E-state index in [0.29, 0.717) is 60.5 Å². The predicted octanol–water partition coefficient (Wildman–Crippen LogP) is -0.293. The van der Waals surface area contributed by atoms with Crippen LogP contribution in [0.15, 0.2) is 33.2 Å². The van der Waals surface area contributed by atoms with Crippen molar-refractivity contribution in [1.82, 2.24) is 29.1 Å². The fraction of sp³-hybridized carbons (Fsp3) is 0.444. The number of nitrogens with two attached hydrogens (primary N) is 1. The van der Waals surface area contributed by atoms with Gasteiger partial charge in [-0.25, -0.2) is 14.8 Å². The van der Waals surface area contributed by atoms with Crippen molar-refractivity contribution in [2.24, 2.45) is 18.7 Å². The molecule has 1 saturated heterocycles. The van der Waals surface area contributed by atoms with Gasteiger partial charge in [-0.1, -0.05) is 11.8 Å². The van der Waals surface area contributed by atoms with Gasteiger partial charge in [-0.05, 0) is 18.9 Å². The highest BCUT2D eigenvalue weighted by atomic mass is 32.2. The van der Waals surface area contributed by atoms with E-state index >= 15 is 0 Å². The Balaban J connectivity index is 1.68. The molecule has 1 aliphatic heterocycles. The van der Waals surface area contributed by atoms with Gasteiger partial charge < -0.3 is 15.2 Å². The number of nitrogens with zero attached hydrogens (tertiary/aromatic N) is 6. The third-order valence-electron chi connectivity index (χ3n) is 5.26. The number of fused-ring (bicyclic) bond motifs is 1. The van der Waals surface area contributed by atoms with E-state index in [1.807, 2.05) is 9.47 Å². The molecule has 12 heteroatoms. The first-order valence-corrected chi connectivity index (χ1v) is 10.6. The molecule has 0 aliphatic carbocycles. The fourth-order valence-electron chi connectivity index (χ4n) is 3.63. The van der Waals surface area contributed by atoms with Gasteiger partial charge in [0.25, 0.3) is 5.56 Å². The number of amides is 1. The number of H-pyrrole nitrogens is 1. The smallest absolute Gasteiger partial charge is 0.329 e. The third kappa shape index (κ3) is 3.82. The van der Waals surface area contributed by atoms with E-state index in [4.69, 9.17) is 5.73 Å². The number of nitrogens with one attached hydrogen (secondary N) is 1. The van der Waals surface area contributed by atoms with Crippen LogP contribution < -0.4 is 21.9 Å². The van der Waals surface area contributed by atoms with Crippen LogP contribution in [0.25, 0.3) is 11.2 Å². The van der Waals surface area contributed by atoms with Crippen molar-refractivity contribution in [3.63, 3.8) is 0 Å². The number of carbonyl (C=O) groups is 1. The fourth-order valence-corrected chi connectivity index (χ4v) is 4.36. The van der Waals surface area contributed by atoms with Crippen LogP contribution in [-0.4, -0.2) is 53.8 Å². The molecule has 0 saturated carbocycles. The van der Waals surface area contributed by atoms with E-state index in [1.165, 1.54) is 16.3 Å². The number of primary amides is 1. The highest BCUT2D eigenvalue weighted by Crippen LogP contribution is 2.26. The Morgan fingerprint density at radius 2 is 1.97 bits per heavy atom. The van der Waals surface area contributed by atoms with E-state index < -0.39 is 11.2 Å². The van der Waals surface area contributed by atoms with Crippen LogP contribution in [0.4, 0.5) is 5.95 Å². The van der Waals surface area contributed by atoms with Crippen LogP contribution in [0.5, 0.6) is 0 Å². The maximum absolute atomic E-state index is 12.6. The molecule has 4 heterocycles. The molecular formula is C18H22N8O3S. The van der Waals surface area contributed by atoms with Gasteiger partial charge in [-0.3, -0.25) is 19.1 Å². The van der Waals surface area contributed by atoms with Crippen molar-refractivity contribution in [2.45, 2.75) is 24.5 Å². The van der Waals surface area contributed by atoms with Crippen LogP contribution in [0.1, 0.15) is 12.8 Å². The maximum Gasteiger partial charge on any atom is 0.329 e. The lowest BCUT2D eigenvalue weighted by Crippen LogP contribution is -2.39. The number of aromatic amines is 1. The Labute approximate surface area is 175 Å². The zero-order chi connectivity index (χ0) is 21.3. The first-order valence-electron chi connectivity index (χ1n) is 9.59. The molecular weight excluding hydrogens is 408 g/mol. The first kappa shape index (κ1) is 20.1. The number of aromatic nitrogens is 6. The monoisotopic (exact) mass is 430 g/mol. The summed E-state index contributed by atoms with van der Waals surface area (Å²) in [6, 6.07) is 1.75. The summed E-state index contributed by atoms with van der Waals surface area (Å²) < 4.78 is 3.16. The number of piperidine rings is 1. The summed E-state index contributed by atoms with van der Waals surface area (Å²) in [6.07, 6.45) is 4.61. The van der Waals surface area contributed by atoms with Crippen LogP contribution in [0.2, 0.25) is 0 Å². The van der Waals surface area contributed by atoms with Crippen molar-refractivity contribution in [1.29, 1.82) is 0 Å². The Morgan fingerprint density at radius 3 is 2.63 bits per heavy atom. The van der Waals surface area contributed by atoms with E-state index in [2.05, 4.69) is 19.9 Å². The molecule has 3 aromatic rings. The largest absolute Gasteiger partial charge is 0.369 e. The highest BCUT2D eigenvalue weighted by molar-refractivity contribution is 7.99. The minimum atomic E-state index is -0.511. The average Bonchev–Trinajstić information content (AvgIpc) is 3.13. The van der Waals surface area contributed by atoms with Gasteiger partial charge in [0.05, 0.1) is 0 Å². The van der Waals surface area contributed by atoms with Crippen molar-refractivity contribution in [2.75, 3.05) is 23.7 Å². The zero-order valence-electron chi connectivity index (χ0n) is 16.4. The summed E-state index contributed by atoms with van der Waals surface area (Å²) in [4.78, 5) is 53.5. The summed E-state index contributed by atoms with van der Waals surface area (Å²) in [5.74, 6) is 0.774. The quantitative estimate of drug-likeness (QED) is 0.401. The first-order chi connectivity index (χ1) is 14.5. The van der Waals surface area contributed by atoms with Gasteiger partial charge in [0.1, 0.15) is 0 Å². The number of anilines is 1. The van der Waals surface area contributed by atoms with Crippen LogP contribution in [-0.2, 0) is 18.4 Å². The lowest BCUT2D eigenvalue weighted by molar-refractivity contribution is -0.122. The Hall–Kier alpha value is -3.15. The summed E-state index contributed by atoms with van der Waals surface area (Å²) in [6.45, 7) is 1.67. The number of hydrogen-bond donors (Lipinski definition) is 2. The number of aryl methyl sites for hydroxylation is 2.